The first-order valence-electron chi connectivity index (χ1n) is 6.79. The fraction of sp³-hybridized carbons (Fsp3) is 0.235. The lowest BCUT2D eigenvalue weighted by molar-refractivity contribution is -0.144. The topological polar surface area (TPSA) is 52.3 Å². The van der Waals surface area contributed by atoms with E-state index in [1.54, 1.807) is 13.0 Å². The first kappa shape index (κ1) is 15.0. The molecule has 0 aliphatic carbocycles. The van der Waals surface area contributed by atoms with E-state index in [1.807, 2.05) is 24.3 Å². The smallest absolute Gasteiger partial charge is 0.306 e. The zero-order valence-electron chi connectivity index (χ0n) is 11.9. The van der Waals surface area contributed by atoms with E-state index in [9.17, 15) is 9.18 Å². The van der Waals surface area contributed by atoms with Gasteiger partial charge in [0.15, 0.2) is 0 Å². The Bertz CT molecular complexity index is 623. The van der Waals surface area contributed by atoms with E-state index in [0.717, 1.165) is 16.7 Å². The normalized spacial score (nSPS) is 10.4. The van der Waals surface area contributed by atoms with E-state index in [0.29, 0.717) is 18.5 Å². The summed E-state index contributed by atoms with van der Waals surface area (Å²) in [7, 11) is 0. The molecule has 2 N–H and O–H groups in total. The van der Waals surface area contributed by atoms with Gasteiger partial charge < -0.3 is 10.5 Å². The molecule has 4 heteroatoms. The van der Waals surface area contributed by atoms with Gasteiger partial charge in [-0.25, -0.2) is 4.39 Å². The molecule has 0 aliphatic heterocycles. The van der Waals surface area contributed by atoms with E-state index in [1.165, 1.54) is 12.1 Å². The molecule has 0 spiro atoms. The summed E-state index contributed by atoms with van der Waals surface area (Å²) in [6.45, 7) is 1.97. The van der Waals surface area contributed by atoms with Crippen LogP contribution in [0.4, 0.5) is 10.1 Å². The number of benzene rings is 2. The van der Waals surface area contributed by atoms with Gasteiger partial charge in [0.25, 0.3) is 0 Å². The molecule has 0 saturated carbocycles. The van der Waals surface area contributed by atoms with Crippen molar-refractivity contribution in [1.29, 1.82) is 0 Å². The van der Waals surface area contributed by atoms with Crippen LogP contribution in [0, 0.1) is 12.7 Å². The number of rotatable bonds is 5. The van der Waals surface area contributed by atoms with Crippen molar-refractivity contribution in [2.45, 2.75) is 26.4 Å². The van der Waals surface area contributed by atoms with E-state index in [4.69, 9.17) is 10.5 Å². The van der Waals surface area contributed by atoms with Crippen molar-refractivity contribution < 1.29 is 13.9 Å². The average molecular weight is 287 g/mol. The second-order valence-electron chi connectivity index (χ2n) is 4.97. The number of hydrogen-bond donors (Lipinski definition) is 1. The molecule has 0 aliphatic rings. The van der Waals surface area contributed by atoms with Gasteiger partial charge in [-0.3, -0.25) is 4.79 Å². The monoisotopic (exact) mass is 287 g/mol. The fourth-order valence-electron chi connectivity index (χ4n) is 1.98. The first-order chi connectivity index (χ1) is 10.0. The fourth-order valence-corrected chi connectivity index (χ4v) is 1.98. The molecule has 2 rings (SSSR count). The summed E-state index contributed by atoms with van der Waals surface area (Å²) in [5.41, 5.74) is 8.94. The number of halogens is 1. The maximum atomic E-state index is 13.0. The predicted molar refractivity (Wildman–Crippen MR) is 80.1 cm³/mol. The number of carbonyl (C=O) groups is 1. The number of nitrogens with two attached hydrogens (primary N) is 1. The summed E-state index contributed by atoms with van der Waals surface area (Å²) in [5.74, 6) is -0.554. The van der Waals surface area contributed by atoms with Gasteiger partial charge in [-0.15, -0.1) is 0 Å². The van der Waals surface area contributed by atoms with Crippen LogP contribution in [-0.2, 0) is 22.6 Å². The van der Waals surface area contributed by atoms with Gasteiger partial charge in [-0.1, -0.05) is 18.2 Å². The standard InChI is InChI=1S/C17H18FNO2/c1-12-10-15(18)6-5-14(12)11-21-17(20)9-4-13-2-7-16(19)8-3-13/h2-3,5-8,10H,4,9,11,19H2,1H3. The average Bonchev–Trinajstić information content (AvgIpc) is 2.46. The number of carbonyl (C=O) groups excluding carboxylic acids is 1. The third-order valence-electron chi connectivity index (χ3n) is 3.29. The van der Waals surface area contributed by atoms with Crippen molar-refractivity contribution in [3.8, 4) is 0 Å². The van der Waals surface area contributed by atoms with Crippen LogP contribution in [-0.4, -0.2) is 5.97 Å². The molecule has 3 nitrogen and oxygen atoms in total. The highest BCUT2D eigenvalue weighted by Gasteiger charge is 2.06. The van der Waals surface area contributed by atoms with E-state index < -0.39 is 0 Å². The van der Waals surface area contributed by atoms with Crippen molar-refractivity contribution in [2.24, 2.45) is 0 Å². The predicted octanol–water partition coefficient (Wildman–Crippen LogP) is 3.39. The highest BCUT2D eigenvalue weighted by atomic mass is 19.1. The SMILES string of the molecule is Cc1cc(F)ccc1COC(=O)CCc1ccc(N)cc1. The second kappa shape index (κ2) is 6.88. The molecule has 0 saturated heterocycles. The van der Waals surface area contributed by atoms with E-state index >= 15 is 0 Å². The molecule has 0 bridgehead atoms. The minimum absolute atomic E-state index is 0.173. The zero-order valence-corrected chi connectivity index (χ0v) is 11.9. The summed E-state index contributed by atoms with van der Waals surface area (Å²) < 4.78 is 18.2. The molecule has 21 heavy (non-hydrogen) atoms. The van der Waals surface area contributed by atoms with Gasteiger partial charge in [0, 0.05) is 12.1 Å². The van der Waals surface area contributed by atoms with Crippen LogP contribution < -0.4 is 5.73 Å². The Morgan fingerprint density at radius 1 is 1.19 bits per heavy atom. The highest BCUT2D eigenvalue weighted by Crippen LogP contribution is 2.12. The summed E-state index contributed by atoms with van der Waals surface area (Å²) >= 11 is 0. The number of nitrogen functional groups attached to an aromatic ring is 1. The van der Waals surface area contributed by atoms with Crippen LogP contribution in [0.25, 0.3) is 0 Å². The first-order valence-corrected chi connectivity index (χ1v) is 6.79. The van der Waals surface area contributed by atoms with Gasteiger partial charge in [-0.05, 0) is 54.3 Å². The Balaban J connectivity index is 1.80. The minimum Gasteiger partial charge on any atom is -0.461 e. The quantitative estimate of drug-likeness (QED) is 0.677. The number of aryl methyl sites for hydroxylation is 2. The third-order valence-corrected chi connectivity index (χ3v) is 3.29. The molecule has 0 aromatic heterocycles. The number of ether oxygens (including phenoxy) is 1. The summed E-state index contributed by atoms with van der Waals surface area (Å²) in [6.07, 6.45) is 0.922. The number of anilines is 1. The van der Waals surface area contributed by atoms with Gasteiger partial charge in [-0.2, -0.15) is 0 Å². The Labute approximate surface area is 123 Å². The van der Waals surface area contributed by atoms with Gasteiger partial charge >= 0.3 is 5.97 Å². The van der Waals surface area contributed by atoms with Crippen LogP contribution in [0.5, 0.6) is 0 Å². The molecule has 0 amide bonds. The molecule has 2 aromatic rings. The molecule has 0 unspecified atom stereocenters. The maximum Gasteiger partial charge on any atom is 0.306 e. The van der Waals surface area contributed by atoms with Crippen molar-refractivity contribution >= 4 is 11.7 Å². The minimum atomic E-state index is -0.286. The molecule has 0 fully saturated rings. The summed E-state index contributed by atoms with van der Waals surface area (Å²) in [4.78, 5) is 11.7. The molecule has 0 heterocycles. The lowest BCUT2D eigenvalue weighted by atomic mass is 10.1. The van der Waals surface area contributed by atoms with Gasteiger partial charge in [0.2, 0.25) is 0 Å². The Kier molecular flexibility index (Phi) is 4.93. The number of hydrogen-bond acceptors (Lipinski definition) is 3. The lowest BCUT2D eigenvalue weighted by Crippen LogP contribution is -2.06. The third kappa shape index (κ3) is 4.60. The maximum absolute atomic E-state index is 13.0. The van der Waals surface area contributed by atoms with Crippen LogP contribution in [0.15, 0.2) is 42.5 Å². The molecular weight excluding hydrogens is 269 g/mol. The Morgan fingerprint density at radius 2 is 1.90 bits per heavy atom. The van der Waals surface area contributed by atoms with Crippen LogP contribution >= 0.6 is 0 Å². The van der Waals surface area contributed by atoms with Crippen LogP contribution in [0.3, 0.4) is 0 Å². The van der Waals surface area contributed by atoms with Crippen molar-refractivity contribution in [3.63, 3.8) is 0 Å². The zero-order chi connectivity index (χ0) is 15.2. The molecule has 2 aromatic carbocycles. The summed E-state index contributed by atoms with van der Waals surface area (Å²) in [5, 5.41) is 0. The van der Waals surface area contributed by atoms with Crippen molar-refractivity contribution in [3.05, 3.63) is 65.0 Å². The number of esters is 1. The summed E-state index contributed by atoms with van der Waals surface area (Å²) in [6, 6.07) is 11.8. The molecule has 0 atom stereocenters. The van der Waals surface area contributed by atoms with Crippen molar-refractivity contribution in [1.82, 2.24) is 0 Å². The molecular formula is C17H18FNO2. The van der Waals surface area contributed by atoms with Gasteiger partial charge in [0.05, 0.1) is 0 Å². The Morgan fingerprint density at radius 3 is 2.57 bits per heavy atom. The second-order valence-corrected chi connectivity index (χ2v) is 4.97. The van der Waals surface area contributed by atoms with Crippen LogP contribution in [0.2, 0.25) is 0 Å². The largest absolute Gasteiger partial charge is 0.461 e. The van der Waals surface area contributed by atoms with Crippen molar-refractivity contribution in [2.75, 3.05) is 5.73 Å². The van der Waals surface area contributed by atoms with E-state index in [2.05, 4.69) is 0 Å². The van der Waals surface area contributed by atoms with Gasteiger partial charge in [0.1, 0.15) is 12.4 Å². The van der Waals surface area contributed by atoms with E-state index in [-0.39, 0.29) is 18.4 Å². The molecule has 0 radical (unpaired) electrons. The Hall–Kier alpha value is -2.36. The molecule has 110 valence electrons. The highest BCUT2D eigenvalue weighted by molar-refractivity contribution is 5.69. The lowest BCUT2D eigenvalue weighted by Gasteiger charge is -2.08. The van der Waals surface area contributed by atoms with Crippen LogP contribution in [0.1, 0.15) is 23.1 Å².